The number of aromatic amines is 1. The molecule has 0 radical (unpaired) electrons. The first-order chi connectivity index (χ1) is 9.56. The molecule has 0 saturated heterocycles. The number of amides is 1. The van der Waals surface area contributed by atoms with Crippen molar-refractivity contribution in [2.45, 2.75) is 19.9 Å². The monoisotopic (exact) mass is 339 g/mol. The van der Waals surface area contributed by atoms with Crippen LogP contribution < -0.4 is 5.32 Å². The molecule has 0 aliphatic rings. The molecule has 0 aliphatic heterocycles. The molecule has 2 N–H and O–H groups in total. The normalized spacial score (nSPS) is 12.2. The first kappa shape index (κ1) is 14.7. The zero-order valence-corrected chi connectivity index (χ0v) is 12.6. The van der Waals surface area contributed by atoms with Crippen molar-refractivity contribution in [3.8, 4) is 0 Å². The van der Waals surface area contributed by atoms with E-state index in [4.69, 9.17) is 0 Å². The molecular weight excluding hydrogens is 325 g/mol. The fourth-order valence-corrected chi connectivity index (χ4v) is 2.28. The van der Waals surface area contributed by atoms with Crippen LogP contribution in [0.5, 0.6) is 0 Å². The highest BCUT2D eigenvalue weighted by Gasteiger charge is 2.14. The van der Waals surface area contributed by atoms with E-state index in [-0.39, 0.29) is 17.6 Å². The topological polar surface area (TPSA) is 57.8 Å². The van der Waals surface area contributed by atoms with E-state index in [0.717, 1.165) is 11.4 Å². The lowest BCUT2D eigenvalue weighted by Gasteiger charge is -2.12. The Morgan fingerprint density at radius 1 is 1.55 bits per heavy atom. The molecule has 1 amide bonds. The zero-order valence-electron chi connectivity index (χ0n) is 11.0. The fourth-order valence-electron chi connectivity index (χ4n) is 1.85. The standard InChI is InChI=1S/C14H15BrFN3O/c1-9(6-10-2-3-12(16)11(15)7-10)14(20)19-8-13-17-4-5-18-13/h2-5,7,9H,6,8H2,1H3,(H,17,18)(H,19,20)/t9-/m0/s1. The Bertz CT molecular complexity index is 586. The lowest BCUT2D eigenvalue weighted by molar-refractivity contribution is -0.124. The van der Waals surface area contributed by atoms with Gasteiger partial charge in [-0.3, -0.25) is 4.79 Å². The summed E-state index contributed by atoms with van der Waals surface area (Å²) in [7, 11) is 0. The number of halogens is 2. The molecule has 6 heteroatoms. The van der Waals surface area contributed by atoms with Gasteiger partial charge >= 0.3 is 0 Å². The number of nitrogens with zero attached hydrogens (tertiary/aromatic N) is 1. The van der Waals surface area contributed by atoms with E-state index in [1.807, 2.05) is 6.92 Å². The van der Waals surface area contributed by atoms with Gasteiger partial charge in [0.15, 0.2) is 0 Å². The van der Waals surface area contributed by atoms with Crippen LogP contribution in [0.25, 0.3) is 0 Å². The highest BCUT2D eigenvalue weighted by atomic mass is 79.9. The van der Waals surface area contributed by atoms with Gasteiger partial charge < -0.3 is 10.3 Å². The van der Waals surface area contributed by atoms with Gasteiger partial charge in [0.25, 0.3) is 0 Å². The van der Waals surface area contributed by atoms with Crippen molar-refractivity contribution in [2.24, 2.45) is 5.92 Å². The third-order valence-corrected chi connectivity index (χ3v) is 3.57. The summed E-state index contributed by atoms with van der Waals surface area (Å²) in [5.41, 5.74) is 0.916. The van der Waals surface area contributed by atoms with Crippen LogP contribution >= 0.6 is 15.9 Å². The number of H-pyrrole nitrogens is 1. The first-order valence-electron chi connectivity index (χ1n) is 6.26. The van der Waals surface area contributed by atoms with E-state index >= 15 is 0 Å². The predicted molar refractivity (Wildman–Crippen MR) is 77.4 cm³/mol. The second kappa shape index (κ2) is 6.65. The molecule has 0 bridgehead atoms. The number of aromatic nitrogens is 2. The highest BCUT2D eigenvalue weighted by molar-refractivity contribution is 9.10. The Hall–Kier alpha value is -1.69. The fraction of sp³-hybridized carbons (Fsp3) is 0.286. The van der Waals surface area contributed by atoms with Crippen LogP contribution in [-0.4, -0.2) is 15.9 Å². The molecule has 1 heterocycles. The van der Waals surface area contributed by atoms with E-state index in [0.29, 0.717) is 17.4 Å². The molecule has 1 aromatic heterocycles. The molecule has 0 aliphatic carbocycles. The average molecular weight is 340 g/mol. The van der Waals surface area contributed by atoms with Crippen LogP contribution in [-0.2, 0) is 17.8 Å². The Balaban J connectivity index is 1.88. The van der Waals surface area contributed by atoms with Crippen LogP contribution in [0.2, 0.25) is 0 Å². The number of nitrogens with one attached hydrogen (secondary N) is 2. The highest BCUT2D eigenvalue weighted by Crippen LogP contribution is 2.19. The third kappa shape index (κ3) is 3.90. The number of hydrogen-bond donors (Lipinski definition) is 2. The largest absolute Gasteiger partial charge is 0.349 e. The van der Waals surface area contributed by atoms with E-state index < -0.39 is 0 Å². The molecule has 0 fully saturated rings. The van der Waals surface area contributed by atoms with Crippen LogP contribution in [0.15, 0.2) is 35.1 Å². The molecule has 1 atom stereocenters. The summed E-state index contributed by atoms with van der Waals surface area (Å²) in [5.74, 6) is 0.169. The van der Waals surface area contributed by atoms with Crippen LogP contribution in [0.1, 0.15) is 18.3 Å². The van der Waals surface area contributed by atoms with Gasteiger partial charge in [-0.15, -0.1) is 0 Å². The molecule has 0 unspecified atom stereocenters. The predicted octanol–water partition coefficient (Wildman–Crippen LogP) is 2.81. The Morgan fingerprint density at radius 3 is 3.00 bits per heavy atom. The Morgan fingerprint density at radius 2 is 2.35 bits per heavy atom. The maximum atomic E-state index is 13.1. The minimum Gasteiger partial charge on any atom is -0.349 e. The maximum Gasteiger partial charge on any atom is 0.223 e. The van der Waals surface area contributed by atoms with Gasteiger partial charge in [0.2, 0.25) is 5.91 Å². The second-order valence-electron chi connectivity index (χ2n) is 4.61. The summed E-state index contributed by atoms with van der Waals surface area (Å²) in [5, 5.41) is 2.81. The summed E-state index contributed by atoms with van der Waals surface area (Å²) in [6.45, 7) is 2.22. The van der Waals surface area contributed by atoms with Crippen molar-refractivity contribution in [3.63, 3.8) is 0 Å². The Labute approximate surface area is 124 Å². The van der Waals surface area contributed by atoms with Crippen LogP contribution in [0.3, 0.4) is 0 Å². The number of imidazole rings is 1. The number of benzene rings is 1. The molecule has 1 aromatic carbocycles. The van der Waals surface area contributed by atoms with Gasteiger partial charge in [-0.05, 0) is 40.0 Å². The molecule has 2 aromatic rings. The second-order valence-corrected chi connectivity index (χ2v) is 5.46. The van der Waals surface area contributed by atoms with Crippen LogP contribution in [0.4, 0.5) is 4.39 Å². The SMILES string of the molecule is C[C@@H](Cc1ccc(F)c(Br)c1)C(=O)NCc1ncc[nH]1. The van der Waals surface area contributed by atoms with Crippen molar-refractivity contribution in [1.29, 1.82) is 0 Å². The molecule has 0 spiro atoms. The lowest BCUT2D eigenvalue weighted by atomic mass is 10.0. The van der Waals surface area contributed by atoms with E-state index in [1.165, 1.54) is 6.07 Å². The molecular formula is C14H15BrFN3O. The minimum atomic E-state index is -0.302. The maximum absolute atomic E-state index is 13.1. The molecule has 2 rings (SSSR count). The summed E-state index contributed by atoms with van der Waals surface area (Å²) in [6, 6.07) is 4.79. The van der Waals surface area contributed by atoms with Gasteiger partial charge in [0.1, 0.15) is 11.6 Å². The first-order valence-corrected chi connectivity index (χ1v) is 7.05. The quantitative estimate of drug-likeness (QED) is 0.879. The van der Waals surface area contributed by atoms with Crippen molar-refractivity contribution in [3.05, 3.63) is 52.3 Å². The van der Waals surface area contributed by atoms with Crippen LogP contribution in [0, 0.1) is 11.7 Å². The van der Waals surface area contributed by atoms with E-state index in [2.05, 4.69) is 31.2 Å². The summed E-state index contributed by atoms with van der Waals surface area (Å²) in [4.78, 5) is 18.9. The molecule has 4 nitrogen and oxygen atoms in total. The minimum absolute atomic E-state index is 0.0538. The smallest absolute Gasteiger partial charge is 0.223 e. The van der Waals surface area contributed by atoms with Crippen molar-refractivity contribution >= 4 is 21.8 Å². The van der Waals surface area contributed by atoms with Gasteiger partial charge in [0.05, 0.1) is 11.0 Å². The van der Waals surface area contributed by atoms with Gasteiger partial charge in [-0.1, -0.05) is 13.0 Å². The summed E-state index contributed by atoms with van der Waals surface area (Å²) < 4.78 is 13.6. The lowest BCUT2D eigenvalue weighted by Crippen LogP contribution is -2.30. The molecule has 0 saturated carbocycles. The van der Waals surface area contributed by atoms with Gasteiger partial charge in [-0.25, -0.2) is 9.37 Å². The number of rotatable bonds is 5. The van der Waals surface area contributed by atoms with Crippen molar-refractivity contribution < 1.29 is 9.18 Å². The van der Waals surface area contributed by atoms with E-state index in [9.17, 15) is 9.18 Å². The number of carbonyl (C=O) groups is 1. The van der Waals surface area contributed by atoms with Gasteiger partial charge in [0, 0.05) is 18.3 Å². The van der Waals surface area contributed by atoms with Crippen molar-refractivity contribution in [2.75, 3.05) is 0 Å². The molecule has 20 heavy (non-hydrogen) atoms. The summed E-state index contributed by atoms with van der Waals surface area (Å²) >= 11 is 3.14. The number of hydrogen-bond acceptors (Lipinski definition) is 2. The zero-order chi connectivity index (χ0) is 14.5. The summed E-state index contributed by atoms with van der Waals surface area (Å²) in [6.07, 6.45) is 3.91. The average Bonchev–Trinajstić information content (AvgIpc) is 2.93. The van der Waals surface area contributed by atoms with Crippen molar-refractivity contribution in [1.82, 2.24) is 15.3 Å². The number of carbonyl (C=O) groups excluding carboxylic acids is 1. The Kier molecular flexibility index (Phi) is 4.89. The van der Waals surface area contributed by atoms with E-state index in [1.54, 1.807) is 24.5 Å². The third-order valence-electron chi connectivity index (χ3n) is 2.96. The van der Waals surface area contributed by atoms with Gasteiger partial charge in [-0.2, -0.15) is 0 Å². The molecule has 106 valence electrons.